The summed E-state index contributed by atoms with van der Waals surface area (Å²) >= 11 is 6.56. The van der Waals surface area contributed by atoms with Crippen molar-refractivity contribution in [3.05, 3.63) is 47.0 Å². The second-order valence-corrected chi connectivity index (χ2v) is 7.94. The van der Waals surface area contributed by atoms with Gasteiger partial charge in [-0.3, -0.25) is 4.99 Å². The Labute approximate surface area is 170 Å². The zero-order valence-corrected chi connectivity index (χ0v) is 17.0. The molecule has 0 saturated carbocycles. The first-order valence-corrected chi connectivity index (χ1v) is 10.2. The van der Waals surface area contributed by atoms with E-state index >= 15 is 0 Å². The number of hydrogen-bond donors (Lipinski definition) is 2. The van der Waals surface area contributed by atoms with Crippen molar-refractivity contribution in [3.8, 4) is 0 Å². The summed E-state index contributed by atoms with van der Waals surface area (Å²) in [6, 6.07) is 8.43. The van der Waals surface area contributed by atoms with Crippen LogP contribution in [0.3, 0.4) is 0 Å². The summed E-state index contributed by atoms with van der Waals surface area (Å²) < 4.78 is 7.60. The summed E-state index contributed by atoms with van der Waals surface area (Å²) in [7, 11) is 1.81. The molecule has 2 aliphatic rings. The van der Waals surface area contributed by atoms with Crippen LogP contribution in [0.5, 0.6) is 0 Å². The molecule has 2 N–H and O–H groups in total. The van der Waals surface area contributed by atoms with Crippen molar-refractivity contribution in [1.29, 1.82) is 0 Å². The molecule has 1 atom stereocenters. The molecule has 1 aromatic heterocycles. The molecule has 1 saturated heterocycles. The summed E-state index contributed by atoms with van der Waals surface area (Å²) in [5, 5.41) is 12.2. The van der Waals surface area contributed by atoms with Crippen LogP contribution in [0.4, 0.5) is 0 Å². The fourth-order valence-electron chi connectivity index (χ4n) is 4.19. The van der Waals surface area contributed by atoms with Crippen LogP contribution in [0.1, 0.15) is 30.7 Å². The fourth-order valence-corrected chi connectivity index (χ4v) is 4.53. The van der Waals surface area contributed by atoms with Crippen molar-refractivity contribution in [1.82, 2.24) is 25.4 Å². The van der Waals surface area contributed by atoms with E-state index in [0.29, 0.717) is 0 Å². The van der Waals surface area contributed by atoms with Gasteiger partial charge in [0, 0.05) is 49.7 Å². The highest BCUT2D eigenvalue weighted by atomic mass is 35.5. The number of aliphatic imine (C=N–C) groups is 1. The van der Waals surface area contributed by atoms with Crippen LogP contribution in [0, 0.1) is 0 Å². The van der Waals surface area contributed by atoms with Gasteiger partial charge in [-0.05, 0) is 30.9 Å². The van der Waals surface area contributed by atoms with Crippen LogP contribution in [-0.2, 0) is 23.1 Å². The third kappa shape index (κ3) is 4.00. The van der Waals surface area contributed by atoms with E-state index in [0.717, 1.165) is 68.8 Å². The lowest BCUT2D eigenvalue weighted by Crippen LogP contribution is -2.51. The molecule has 7 nitrogen and oxygen atoms in total. The number of benzene rings is 1. The second kappa shape index (κ2) is 8.49. The lowest BCUT2D eigenvalue weighted by atomic mass is 9.74. The maximum absolute atomic E-state index is 6.56. The first kappa shape index (κ1) is 19.2. The Kier molecular flexibility index (Phi) is 5.82. The second-order valence-electron chi connectivity index (χ2n) is 7.54. The SMILES string of the molecule is CN=C(NCC1(c2ccccc2Cl)CCOCC1)NC1CCc2ncnn2C1. The first-order chi connectivity index (χ1) is 13.7. The smallest absolute Gasteiger partial charge is 0.191 e. The molecular weight excluding hydrogens is 376 g/mol. The number of hydrogen-bond acceptors (Lipinski definition) is 4. The van der Waals surface area contributed by atoms with Crippen LogP contribution in [-0.4, -0.2) is 53.6 Å². The van der Waals surface area contributed by atoms with Gasteiger partial charge in [0.2, 0.25) is 0 Å². The summed E-state index contributed by atoms with van der Waals surface area (Å²) in [6.45, 7) is 3.06. The van der Waals surface area contributed by atoms with Crippen molar-refractivity contribution in [2.75, 3.05) is 26.8 Å². The molecule has 1 unspecified atom stereocenters. The number of ether oxygens (including phenoxy) is 1. The van der Waals surface area contributed by atoms with Crippen molar-refractivity contribution in [2.24, 2.45) is 4.99 Å². The monoisotopic (exact) mass is 402 g/mol. The Balaban J connectivity index is 1.44. The Bertz CT molecular complexity index is 830. The summed E-state index contributed by atoms with van der Waals surface area (Å²) in [6.07, 6.45) is 5.45. The minimum Gasteiger partial charge on any atom is -0.381 e. The average molecular weight is 403 g/mol. The standard InChI is InChI=1S/C20H27ClN6O/c1-22-19(26-15-6-7-18-24-14-25-27(18)12-15)23-13-20(8-10-28-11-9-20)16-4-2-3-5-17(16)21/h2-5,14-15H,6-13H2,1H3,(H2,22,23,26). The quantitative estimate of drug-likeness (QED) is 0.605. The van der Waals surface area contributed by atoms with Gasteiger partial charge in [-0.25, -0.2) is 9.67 Å². The largest absolute Gasteiger partial charge is 0.381 e. The molecule has 4 rings (SSSR count). The zero-order chi connectivity index (χ0) is 19.4. The Hall–Kier alpha value is -2.12. The molecule has 0 radical (unpaired) electrons. The normalized spacial score (nSPS) is 21.8. The maximum Gasteiger partial charge on any atom is 0.191 e. The Morgan fingerprint density at radius 2 is 2.18 bits per heavy atom. The summed E-state index contributed by atoms with van der Waals surface area (Å²) in [5.74, 6) is 1.87. The van der Waals surface area contributed by atoms with Crippen molar-refractivity contribution in [2.45, 2.75) is 43.7 Å². The molecule has 0 bridgehead atoms. The number of aryl methyl sites for hydroxylation is 1. The number of guanidine groups is 1. The number of rotatable bonds is 4. The van der Waals surface area contributed by atoms with Gasteiger partial charge in [-0.15, -0.1) is 0 Å². The van der Waals surface area contributed by atoms with Crippen LogP contribution >= 0.6 is 11.6 Å². The number of nitrogens with one attached hydrogen (secondary N) is 2. The third-order valence-electron chi connectivity index (χ3n) is 5.86. The topological polar surface area (TPSA) is 76.4 Å². The minimum absolute atomic E-state index is 0.0557. The van der Waals surface area contributed by atoms with Gasteiger partial charge in [0.15, 0.2) is 5.96 Å². The van der Waals surface area contributed by atoms with E-state index in [2.05, 4.69) is 37.8 Å². The van der Waals surface area contributed by atoms with Crippen molar-refractivity contribution >= 4 is 17.6 Å². The van der Waals surface area contributed by atoms with Gasteiger partial charge in [0.1, 0.15) is 12.2 Å². The van der Waals surface area contributed by atoms with Crippen LogP contribution in [0.2, 0.25) is 5.02 Å². The number of fused-ring (bicyclic) bond motifs is 1. The zero-order valence-electron chi connectivity index (χ0n) is 16.2. The van der Waals surface area contributed by atoms with E-state index in [1.54, 1.807) is 6.33 Å². The number of aromatic nitrogens is 3. The molecule has 1 fully saturated rings. The summed E-state index contributed by atoms with van der Waals surface area (Å²) in [4.78, 5) is 8.74. The van der Waals surface area contributed by atoms with Gasteiger partial charge >= 0.3 is 0 Å². The van der Waals surface area contributed by atoms with Gasteiger partial charge in [-0.1, -0.05) is 29.8 Å². The van der Waals surface area contributed by atoms with Gasteiger partial charge in [0.25, 0.3) is 0 Å². The minimum atomic E-state index is -0.0557. The molecular formula is C20H27ClN6O. The van der Waals surface area contributed by atoms with E-state index in [-0.39, 0.29) is 11.5 Å². The third-order valence-corrected chi connectivity index (χ3v) is 6.19. The molecule has 1 aromatic carbocycles. The summed E-state index contributed by atoms with van der Waals surface area (Å²) in [5.41, 5.74) is 1.13. The molecule has 2 aromatic rings. The highest BCUT2D eigenvalue weighted by Gasteiger charge is 2.36. The maximum atomic E-state index is 6.56. The van der Waals surface area contributed by atoms with Crippen molar-refractivity contribution < 1.29 is 4.74 Å². The highest BCUT2D eigenvalue weighted by molar-refractivity contribution is 6.31. The Morgan fingerprint density at radius 3 is 2.96 bits per heavy atom. The lowest BCUT2D eigenvalue weighted by Gasteiger charge is -2.39. The molecule has 0 aliphatic carbocycles. The van der Waals surface area contributed by atoms with Crippen LogP contribution < -0.4 is 10.6 Å². The number of halogens is 1. The average Bonchev–Trinajstić information content (AvgIpc) is 3.20. The molecule has 2 aliphatic heterocycles. The predicted octanol–water partition coefficient (Wildman–Crippen LogP) is 2.16. The molecule has 3 heterocycles. The van der Waals surface area contributed by atoms with Crippen LogP contribution in [0.25, 0.3) is 0 Å². The lowest BCUT2D eigenvalue weighted by molar-refractivity contribution is 0.0514. The molecule has 0 amide bonds. The molecule has 0 spiro atoms. The predicted molar refractivity (Wildman–Crippen MR) is 110 cm³/mol. The van der Waals surface area contributed by atoms with E-state index in [4.69, 9.17) is 16.3 Å². The van der Waals surface area contributed by atoms with Crippen LogP contribution in [0.15, 0.2) is 35.6 Å². The van der Waals surface area contributed by atoms with E-state index < -0.39 is 0 Å². The molecule has 28 heavy (non-hydrogen) atoms. The fraction of sp³-hybridized carbons (Fsp3) is 0.550. The van der Waals surface area contributed by atoms with Gasteiger partial charge < -0.3 is 15.4 Å². The number of nitrogens with zero attached hydrogens (tertiary/aromatic N) is 4. The van der Waals surface area contributed by atoms with Gasteiger partial charge in [0.05, 0.1) is 6.54 Å². The van der Waals surface area contributed by atoms with E-state index in [9.17, 15) is 0 Å². The van der Waals surface area contributed by atoms with Crippen molar-refractivity contribution in [3.63, 3.8) is 0 Å². The van der Waals surface area contributed by atoms with E-state index in [1.807, 2.05) is 23.9 Å². The first-order valence-electron chi connectivity index (χ1n) is 9.87. The van der Waals surface area contributed by atoms with Gasteiger partial charge in [-0.2, -0.15) is 5.10 Å². The highest BCUT2D eigenvalue weighted by Crippen LogP contribution is 2.38. The molecule has 8 heteroatoms. The van der Waals surface area contributed by atoms with E-state index in [1.165, 1.54) is 5.56 Å². The molecule has 150 valence electrons. The Morgan fingerprint density at radius 1 is 1.36 bits per heavy atom.